The van der Waals surface area contributed by atoms with E-state index in [1.54, 1.807) is 33.9 Å². The number of nitrogens with zero attached hydrogens (tertiary/aromatic N) is 7. The van der Waals surface area contributed by atoms with E-state index in [0.717, 1.165) is 12.5 Å². The molecule has 2 aromatic heterocycles. The van der Waals surface area contributed by atoms with Crippen LogP contribution < -0.4 is 27.0 Å². The Morgan fingerprint density at radius 3 is 2.33 bits per heavy atom. The minimum absolute atomic E-state index is 0.111. The van der Waals surface area contributed by atoms with Crippen LogP contribution in [-0.4, -0.2) is 142 Å². The van der Waals surface area contributed by atoms with E-state index in [0.29, 0.717) is 74.8 Å². The summed E-state index contributed by atoms with van der Waals surface area (Å²) in [5.74, 6) is -5.03. The highest BCUT2D eigenvalue weighted by molar-refractivity contribution is 7.46. The Morgan fingerprint density at radius 2 is 1.67 bits per heavy atom. The number of imidazole rings is 1. The monoisotopic (exact) mass is 978 g/mol. The third-order valence-corrected chi connectivity index (χ3v) is 11.4. The van der Waals surface area contributed by atoms with Crippen molar-refractivity contribution < 1.29 is 57.6 Å². The molecule has 3 aromatic rings. The molecule has 3 heterocycles. The Morgan fingerprint density at radius 1 is 0.985 bits per heavy atom. The number of aryl methyl sites for hydroxylation is 1. The molecule has 4 rings (SSSR count). The zero-order valence-electron chi connectivity index (χ0n) is 37.7. The van der Waals surface area contributed by atoms with Crippen molar-refractivity contribution in [1.29, 1.82) is 0 Å². The van der Waals surface area contributed by atoms with Gasteiger partial charge in [0.2, 0.25) is 35.4 Å². The molecule has 0 saturated carbocycles. The Hall–Kier alpha value is -5.78. The second kappa shape index (κ2) is 25.9. The molecule has 0 unspecified atom stereocenters. The average molecular weight is 979 g/mol. The number of carbonyl (C=O) groups is 6. The Balaban J connectivity index is 1.42. The first kappa shape index (κ1) is 53.8. The molecule has 368 valence electrons. The van der Waals surface area contributed by atoms with Gasteiger partial charge in [0.15, 0.2) is 0 Å². The fourth-order valence-electron chi connectivity index (χ4n) is 7.21. The summed E-state index contributed by atoms with van der Waals surface area (Å²) in [6, 6.07) is 0.473. The smallest absolute Gasteiger partial charge is 0.396 e. The number of amides is 6. The van der Waals surface area contributed by atoms with Crippen LogP contribution in [0.15, 0.2) is 48.1 Å². The number of carbonyl (C=O) groups excluding carboxylic acids is 6. The summed E-state index contributed by atoms with van der Waals surface area (Å²) >= 11 is 5.96. The summed E-state index contributed by atoms with van der Waals surface area (Å²) < 4.78 is 19.3. The number of nitrogens with one attached hydrogen (secondary N) is 4. The first-order valence-corrected chi connectivity index (χ1v) is 23.6. The maximum absolute atomic E-state index is 14.1. The lowest BCUT2D eigenvalue weighted by atomic mass is 10.0. The molecule has 1 aliphatic rings. The number of rotatable bonds is 27. The lowest BCUT2D eigenvalue weighted by Gasteiger charge is -2.28. The maximum atomic E-state index is 14.1. The van der Waals surface area contributed by atoms with Crippen LogP contribution in [0.5, 0.6) is 0 Å². The number of phosphoric acid groups is 1. The van der Waals surface area contributed by atoms with Gasteiger partial charge in [-0.3, -0.25) is 33.3 Å². The molecule has 6 amide bonds. The van der Waals surface area contributed by atoms with Crippen LogP contribution in [0.1, 0.15) is 83.2 Å². The number of halogens is 1. The SMILES string of the molecule is CC(=O)N1CCC[C@H]1C(=O)N[C@@H](CC(C)C)C(=O)N[C@@H](Cc1cncn1CCCCCO/N=C/c1cn(Cc2ccc(Cl)cc2)nn1)C(=O)N[C@@H](CO)C(=O)N[C@H](C(N)=O)[C@@H](C)OP(=O)(O)O. The zero-order valence-corrected chi connectivity index (χ0v) is 39.3. The first-order valence-electron chi connectivity index (χ1n) is 21.7. The number of unbranched alkanes of at least 4 members (excludes halogenated alkanes) is 2. The molecule has 26 heteroatoms. The second-order valence-electron chi connectivity index (χ2n) is 16.4. The summed E-state index contributed by atoms with van der Waals surface area (Å²) in [7, 11) is -5.13. The summed E-state index contributed by atoms with van der Waals surface area (Å²) in [6.07, 6.45) is 7.59. The van der Waals surface area contributed by atoms with Gasteiger partial charge in [0.05, 0.1) is 38.0 Å². The van der Waals surface area contributed by atoms with Crippen molar-refractivity contribution in [1.82, 2.24) is 50.7 Å². The third kappa shape index (κ3) is 17.8. The standard InChI is InChI=1S/C41H60ClN12O12P/c1-25(2)17-32(47-41(61)35-9-8-15-54(35)27(4)56)38(58)46-33(39(59)48-34(23-55)40(60)49-36(37(43)57)26(3)66-67(62,63)64)18-31-20-44-24-52(31)14-6-5-7-16-65-45-19-30-22-53(51-50-30)21-28-10-12-29(42)13-11-28/h10-13,19-20,22,24-26,32-36,55H,5-9,14-18,21,23H2,1-4H3,(H2,43,57)(H,46,58)(H,47,61)(H,48,59)(H,49,60)(H2,62,63,64)/b45-19+/t26-,32+,33+,34+,35+,36+/m1/s1. The van der Waals surface area contributed by atoms with E-state index < -0.39 is 80.3 Å². The van der Waals surface area contributed by atoms with Gasteiger partial charge in [0, 0.05) is 43.3 Å². The molecular formula is C41H60ClN12O12P. The highest BCUT2D eigenvalue weighted by atomic mass is 35.5. The molecule has 0 radical (unpaired) electrons. The first-order chi connectivity index (χ1) is 31.7. The van der Waals surface area contributed by atoms with Crippen molar-refractivity contribution in [3.05, 3.63) is 65.0 Å². The lowest BCUT2D eigenvalue weighted by molar-refractivity contribution is -0.139. The number of oxime groups is 1. The molecule has 1 saturated heterocycles. The van der Waals surface area contributed by atoms with E-state index >= 15 is 0 Å². The van der Waals surface area contributed by atoms with E-state index in [2.05, 4.69) is 46.2 Å². The zero-order chi connectivity index (χ0) is 49.3. The summed E-state index contributed by atoms with van der Waals surface area (Å²) in [5, 5.41) is 32.9. The second-order valence-corrected chi connectivity index (χ2v) is 18.1. The molecule has 0 spiro atoms. The Labute approximate surface area is 392 Å². The Kier molecular flexibility index (Phi) is 20.8. The molecular weight excluding hydrogens is 919 g/mol. The van der Waals surface area contributed by atoms with Crippen LogP contribution in [0.4, 0.5) is 0 Å². The van der Waals surface area contributed by atoms with Gasteiger partial charge in [-0.15, -0.1) is 5.10 Å². The molecule has 67 heavy (non-hydrogen) atoms. The number of aliphatic hydroxyl groups excluding tert-OH is 1. The van der Waals surface area contributed by atoms with Gasteiger partial charge in [-0.25, -0.2) is 14.2 Å². The van der Waals surface area contributed by atoms with Crippen molar-refractivity contribution in [3.63, 3.8) is 0 Å². The normalized spacial score (nSPS) is 16.3. The molecule has 1 aromatic carbocycles. The van der Waals surface area contributed by atoms with Crippen LogP contribution in [0, 0.1) is 5.92 Å². The van der Waals surface area contributed by atoms with Crippen molar-refractivity contribution in [2.24, 2.45) is 16.8 Å². The number of hydrogen-bond acceptors (Lipinski definition) is 14. The summed E-state index contributed by atoms with van der Waals surface area (Å²) in [4.78, 5) is 109. The van der Waals surface area contributed by atoms with Crippen LogP contribution in [-0.2, 0) is 62.2 Å². The van der Waals surface area contributed by atoms with Gasteiger partial charge < -0.3 is 56.2 Å². The lowest BCUT2D eigenvalue weighted by Crippen LogP contribution is -2.61. The predicted molar refractivity (Wildman–Crippen MR) is 240 cm³/mol. The molecule has 1 fully saturated rings. The maximum Gasteiger partial charge on any atom is 0.469 e. The molecule has 0 aliphatic carbocycles. The van der Waals surface area contributed by atoms with Gasteiger partial charge in [-0.05, 0) is 69.1 Å². The predicted octanol–water partition coefficient (Wildman–Crippen LogP) is -0.0886. The number of phosphoric ester groups is 1. The summed E-state index contributed by atoms with van der Waals surface area (Å²) in [6.45, 7) is 6.74. The van der Waals surface area contributed by atoms with E-state index in [4.69, 9.17) is 22.2 Å². The van der Waals surface area contributed by atoms with Crippen LogP contribution in [0.25, 0.3) is 0 Å². The molecule has 6 atom stereocenters. The quantitative estimate of drug-likeness (QED) is 0.0214. The number of benzene rings is 1. The average Bonchev–Trinajstić information content (AvgIpc) is 4.04. The fraction of sp³-hybridized carbons (Fsp3) is 0.561. The van der Waals surface area contributed by atoms with Crippen LogP contribution >= 0.6 is 19.4 Å². The van der Waals surface area contributed by atoms with Gasteiger partial charge in [-0.1, -0.05) is 48.0 Å². The van der Waals surface area contributed by atoms with E-state index in [1.165, 1.54) is 24.2 Å². The van der Waals surface area contributed by atoms with Crippen molar-refractivity contribution >= 4 is 61.1 Å². The minimum atomic E-state index is -5.13. The number of aliphatic hydroxyl groups is 1. The van der Waals surface area contributed by atoms with E-state index in [-0.39, 0.29) is 24.7 Å². The Bertz CT molecular complexity index is 2220. The van der Waals surface area contributed by atoms with Crippen LogP contribution in [0.3, 0.4) is 0 Å². The van der Waals surface area contributed by atoms with Gasteiger partial charge in [-0.2, -0.15) is 0 Å². The highest BCUT2D eigenvalue weighted by Gasteiger charge is 2.37. The van der Waals surface area contributed by atoms with E-state index in [9.17, 15) is 48.2 Å². The van der Waals surface area contributed by atoms with Gasteiger partial charge >= 0.3 is 7.82 Å². The van der Waals surface area contributed by atoms with Gasteiger partial charge in [0.25, 0.3) is 0 Å². The number of likely N-dealkylation sites (tertiary alicyclic amines) is 1. The topological polar surface area (TPSA) is 337 Å². The number of hydrogen-bond donors (Lipinski definition) is 8. The van der Waals surface area contributed by atoms with Crippen molar-refractivity contribution in [2.75, 3.05) is 19.8 Å². The number of nitrogens with two attached hydrogens (primary N) is 1. The minimum Gasteiger partial charge on any atom is -0.396 e. The highest BCUT2D eigenvalue weighted by Crippen LogP contribution is 2.38. The number of aromatic nitrogens is 5. The van der Waals surface area contributed by atoms with Gasteiger partial charge in [0.1, 0.15) is 42.5 Å². The van der Waals surface area contributed by atoms with Crippen molar-refractivity contribution in [2.45, 2.75) is 122 Å². The summed E-state index contributed by atoms with van der Waals surface area (Å²) in [5.41, 5.74) is 7.37. The number of primary amides is 1. The largest absolute Gasteiger partial charge is 0.469 e. The molecule has 0 bridgehead atoms. The molecule has 1 aliphatic heterocycles. The molecule has 9 N–H and O–H groups in total. The fourth-order valence-corrected chi connectivity index (χ4v) is 7.89. The van der Waals surface area contributed by atoms with E-state index in [1.807, 2.05) is 26.0 Å². The molecule has 24 nitrogen and oxygen atoms in total. The third-order valence-electron chi connectivity index (χ3n) is 10.5. The van der Waals surface area contributed by atoms with Crippen molar-refractivity contribution in [3.8, 4) is 0 Å². The van der Waals surface area contributed by atoms with Crippen LogP contribution in [0.2, 0.25) is 5.02 Å².